The first kappa shape index (κ1) is 16.1. The molecule has 0 aliphatic heterocycles. The third kappa shape index (κ3) is 3.31. The minimum absolute atomic E-state index is 0.171. The van der Waals surface area contributed by atoms with Crippen LogP contribution in [0.2, 0.25) is 10.0 Å². The molecule has 112 valence electrons. The van der Waals surface area contributed by atoms with Gasteiger partial charge in [0.25, 0.3) is 0 Å². The predicted octanol–water partition coefficient (Wildman–Crippen LogP) is 5.20. The van der Waals surface area contributed by atoms with Gasteiger partial charge in [0.15, 0.2) is 0 Å². The minimum atomic E-state index is -4.75. The molecule has 0 saturated carbocycles. The summed E-state index contributed by atoms with van der Waals surface area (Å²) in [7, 11) is 0. The van der Waals surface area contributed by atoms with E-state index < -0.39 is 23.6 Å². The standard InChI is InChI=1S/C14H9Cl2F4N/c15-10-3-1-2-8(12(10)16)13(21)7-4-5-9(11(17)6-7)14(18,19)20/h1-6,13H,21H2. The Bertz CT molecular complexity index is 671. The summed E-state index contributed by atoms with van der Waals surface area (Å²) in [6.07, 6.45) is -4.75. The molecule has 2 N–H and O–H groups in total. The average molecular weight is 338 g/mol. The van der Waals surface area contributed by atoms with E-state index in [1.54, 1.807) is 18.2 Å². The number of benzene rings is 2. The van der Waals surface area contributed by atoms with Crippen molar-refractivity contribution in [1.29, 1.82) is 0 Å². The maximum atomic E-state index is 13.6. The Hall–Kier alpha value is -1.30. The van der Waals surface area contributed by atoms with Gasteiger partial charge in [-0.05, 0) is 29.3 Å². The number of nitrogens with two attached hydrogens (primary N) is 1. The molecule has 1 atom stereocenters. The van der Waals surface area contributed by atoms with Crippen LogP contribution in [0.5, 0.6) is 0 Å². The van der Waals surface area contributed by atoms with Gasteiger partial charge in [0.05, 0.1) is 21.7 Å². The third-order valence-corrected chi connectivity index (χ3v) is 3.81. The molecule has 2 rings (SSSR count). The summed E-state index contributed by atoms with van der Waals surface area (Å²) in [6, 6.07) is 6.38. The quantitative estimate of drug-likeness (QED) is 0.749. The Morgan fingerprint density at radius 1 is 1.05 bits per heavy atom. The Morgan fingerprint density at radius 2 is 1.71 bits per heavy atom. The molecule has 0 aliphatic rings. The molecule has 0 amide bonds. The fourth-order valence-electron chi connectivity index (χ4n) is 1.89. The SMILES string of the molecule is NC(c1ccc(C(F)(F)F)c(F)c1)c1cccc(Cl)c1Cl. The number of hydrogen-bond donors (Lipinski definition) is 1. The van der Waals surface area contributed by atoms with Crippen molar-refractivity contribution in [3.63, 3.8) is 0 Å². The van der Waals surface area contributed by atoms with Crippen LogP contribution in [-0.4, -0.2) is 0 Å². The van der Waals surface area contributed by atoms with Crippen LogP contribution in [0.1, 0.15) is 22.7 Å². The molecule has 0 fully saturated rings. The van der Waals surface area contributed by atoms with Gasteiger partial charge in [-0.1, -0.05) is 41.4 Å². The largest absolute Gasteiger partial charge is 0.419 e. The second-order valence-electron chi connectivity index (χ2n) is 4.36. The summed E-state index contributed by atoms with van der Waals surface area (Å²) in [6.45, 7) is 0. The molecule has 1 nitrogen and oxygen atoms in total. The van der Waals surface area contributed by atoms with Crippen molar-refractivity contribution in [3.05, 3.63) is 69.0 Å². The highest BCUT2D eigenvalue weighted by Crippen LogP contribution is 2.35. The van der Waals surface area contributed by atoms with Crippen molar-refractivity contribution in [3.8, 4) is 0 Å². The van der Waals surface area contributed by atoms with E-state index in [9.17, 15) is 17.6 Å². The molecule has 2 aromatic rings. The van der Waals surface area contributed by atoms with Crippen LogP contribution in [0.25, 0.3) is 0 Å². The molecule has 0 aromatic heterocycles. The molecule has 2 aromatic carbocycles. The van der Waals surface area contributed by atoms with Crippen LogP contribution in [0.15, 0.2) is 36.4 Å². The van der Waals surface area contributed by atoms with Gasteiger partial charge in [-0.2, -0.15) is 13.2 Å². The third-order valence-electron chi connectivity index (χ3n) is 2.97. The minimum Gasteiger partial charge on any atom is -0.320 e. The molecule has 0 heterocycles. The van der Waals surface area contributed by atoms with Crippen molar-refractivity contribution in [2.24, 2.45) is 5.73 Å². The van der Waals surface area contributed by atoms with E-state index in [1.807, 2.05) is 0 Å². The van der Waals surface area contributed by atoms with E-state index >= 15 is 0 Å². The normalized spacial score (nSPS) is 13.3. The zero-order valence-electron chi connectivity index (χ0n) is 10.4. The van der Waals surface area contributed by atoms with Gasteiger partial charge in [-0.15, -0.1) is 0 Å². The molecule has 0 spiro atoms. The maximum Gasteiger partial charge on any atom is 0.419 e. The lowest BCUT2D eigenvalue weighted by molar-refractivity contribution is -0.140. The van der Waals surface area contributed by atoms with E-state index in [-0.39, 0.29) is 15.6 Å². The first-order chi connectivity index (χ1) is 9.71. The molecular formula is C14H9Cl2F4N. The second kappa shape index (κ2) is 5.83. The zero-order valence-corrected chi connectivity index (χ0v) is 11.9. The van der Waals surface area contributed by atoms with E-state index in [0.717, 1.165) is 12.1 Å². The highest BCUT2D eigenvalue weighted by Gasteiger charge is 2.34. The predicted molar refractivity (Wildman–Crippen MR) is 73.9 cm³/mol. The van der Waals surface area contributed by atoms with Crippen molar-refractivity contribution in [2.45, 2.75) is 12.2 Å². The summed E-state index contributed by atoms with van der Waals surface area (Å²) < 4.78 is 51.1. The molecule has 1 unspecified atom stereocenters. The fourth-order valence-corrected chi connectivity index (χ4v) is 2.32. The highest BCUT2D eigenvalue weighted by atomic mass is 35.5. The van der Waals surface area contributed by atoms with Crippen LogP contribution in [0.3, 0.4) is 0 Å². The monoisotopic (exact) mass is 337 g/mol. The highest BCUT2D eigenvalue weighted by molar-refractivity contribution is 6.42. The van der Waals surface area contributed by atoms with Crippen LogP contribution >= 0.6 is 23.2 Å². The Kier molecular flexibility index (Phi) is 4.46. The zero-order chi connectivity index (χ0) is 15.8. The lowest BCUT2D eigenvalue weighted by Gasteiger charge is -2.16. The van der Waals surface area contributed by atoms with Crippen LogP contribution in [-0.2, 0) is 6.18 Å². The Labute approximate surface area is 128 Å². The van der Waals surface area contributed by atoms with Crippen LogP contribution in [0.4, 0.5) is 17.6 Å². The van der Waals surface area contributed by atoms with E-state index in [1.165, 1.54) is 0 Å². The van der Waals surface area contributed by atoms with E-state index in [4.69, 9.17) is 28.9 Å². The lowest BCUT2D eigenvalue weighted by atomic mass is 9.98. The van der Waals surface area contributed by atoms with Gasteiger partial charge >= 0.3 is 6.18 Å². The molecular weight excluding hydrogens is 329 g/mol. The smallest absolute Gasteiger partial charge is 0.320 e. The van der Waals surface area contributed by atoms with Crippen molar-refractivity contribution in [1.82, 2.24) is 0 Å². The van der Waals surface area contributed by atoms with Crippen molar-refractivity contribution >= 4 is 23.2 Å². The Morgan fingerprint density at radius 3 is 2.29 bits per heavy atom. The van der Waals surface area contributed by atoms with Crippen LogP contribution < -0.4 is 5.73 Å². The molecule has 0 saturated heterocycles. The molecule has 0 bridgehead atoms. The molecule has 0 aliphatic carbocycles. The van der Waals surface area contributed by atoms with Gasteiger partial charge in [-0.25, -0.2) is 4.39 Å². The molecule has 7 heteroatoms. The number of rotatable bonds is 2. The summed E-state index contributed by atoms with van der Waals surface area (Å²) in [4.78, 5) is 0. The van der Waals surface area contributed by atoms with Gasteiger partial charge in [-0.3, -0.25) is 0 Å². The lowest BCUT2D eigenvalue weighted by Crippen LogP contribution is -2.15. The summed E-state index contributed by atoms with van der Waals surface area (Å²) in [5.41, 5.74) is 5.16. The topological polar surface area (TPSA) is 26.0 Å². The van der Waals surface area contributed by atoms with Gasteiger partial charge < -0.3 is 5.73 Å². The summed E-state index contributed by atoms with van der Waals surface area (Å²) >= 11 is 11.8. The second-order valence-corrected chi connectivity index (χ2v) is 5.14. The number of halogens is 6. The van der Waals surface area contributed by atoms with E-state index in [0.29, 0.717) is 11.6 Å². The van der Waals surface area contributed by atoms with Gasteiger partial charge in [0.2, 0.25) is 0 Å². The number of hydrogen-bond acceptors (Lipinski definition) is 1. The van der Waals surface area contributed by atoms with Gasteiger partial charge in [0.1, 0.15) is 5.82 Å². The Balaban J connectivity index is 2.43. The fraction of sp³-hybridized carbons (Fsp3) is 0.143. The number of alkyl halides is 3. The van der Waals surface area contributed by atoms with Crippen LogP contribution in [0, 0.1) is 5.82 Å². The van der Waals surface area contributed by atoms with Crippen molar-refractivity contribution < 1.29 is 17.6 Å². The average Bonchev–Trinajstić information content (AvgIpc) is 2.39. The molecule has 21 heavy (non-hydrogen) atoms. The maximum absolute atomic E-state index is 13.6. The summed E-state index contributed by atoms with van der Waals surface area (Å²) in [5.74, 6) is -1.38. The first-order valence-corrected chi connectivity index (χ1v) is 6.53. The summed E-state index contributed by atoms with van der Waals surface area (Å²) in [5, 5.41) is 0.448. The molecule has 0 radical (unpaired) electrons. The first-order valence-electron chi connectivity index (χ1n) is 5.78. The van der Waals surface area contributed by atoms with Gasteiger partial charge in [0, 0.05) is 0 Å². The van der Waals surface area contributed by atoms with Crippen molar-refractivity contribution in [2.75, 3.05) is 0 Å². The van der Waals surface area contributed by atoms with E-state index in [2.05, 4.69) is 0 Å².